The average Bonchev–Trinajstić information content (AvgIpc) is 3.29. The van der Waals surface area contributed by atoms with Crippen molar-refractivity contribution in [2.45, 2.75) is 31.7 Å². The second-order valence-corrected chi connectivity index (χ2v) is 10.0. The Balaban J connectivity index is 1.60. The molecule has 0 radical (unpaired) electrons. The zero-order valence-corrected chi connectivity index (χ0v) is 18.7. The van der Waals surface area contributed by atoms with Gasteiger partial charge in [0.1, 0.15) is 4.99 Å². The van der Waals surface area contributed by atoms with E-state index in [4.69, 9.17) is 28.9 Å². The summed E-state index contributed by atoms with van der Waals surface area (Å²) in [4.78, 5) is 1.95. The molecule has 1 fully saturated rings. The lowest BCUT2D eigenvalue weighted by Gasteiger charge is -2.27. The molecule has 142 valence electrons. The fourth-order valence-electron chi connectivity index (χ4n) is 3.45. The summed E-state index contributed by atoms with van der Waals surface area (Å²) >= 11 is 17.5. The number of nitrogens with zero attached hydrogens (tertiary/aromatic N) is 3. The van der Waals surface area contributed by atoms with E-state index >= 15 is 0 Å². The molecule has 0 spiro atoms. The van der Waals surface area contributed by atoms with Gasteiger partial charge in [0.05, 0.1) is 26.2 Å². The van der Waals surface area contributed by atoms with Crippen molar-refractivity contribution in [1.82, 2.24) is 10.4 Å². The molecule has 0 bridgehead atoms. The number of hydrazine groups is 1. The van der Waals surface area contributed by atoms with Crippen LogP contribution in [0.15, 0.2) is 45.3 Å². The number of thiocarbonyl (C=S) groups is 1. The van der Waals surface area contributed by atoms with Crippen LogP contribution in [-0.2, 0) is 0 Å². The van der Waals surface area contributed by atoms with Gasteiger partial charge in [-0.25, -0.2) is 5.01 Å². The van der Waals surface area contributed by atoms with E-state index in [2.05, 4.69) is 38.5 Å². The normalized spacial score (nSPS) is 20.6. The molecule has 3 heterocycles. The van der Waals surface area contributed by atoms with Crippen LogP contribution in [0.1, 0.15) is 36.6 Å². The number of rotatable bonds is 4. The molecule has 1 aromatic heterocycles. The van der Waals surface area contributed by atoms with Crippen LogP contribution in [0.25, 0.3) is 0 Å². The molecule has 1 atom stereocenters. The van der Waals surface area contributed by atoms with Crippen molar-refractivity contribution in [2.75, 3.05) is 18.1 Å². The number of para-hydroxylation sites is 1. The number of benzene rings is 1. The molecule has 1 N–H and O–H groups in total. The van der Waals surface area contributed by atoms with E-state index in [1.165, 1.54) is 24.1 Å². The summed E-state index contributed by atoms with van der Waals surface area (Å²) in [6, 6.07) is 12.1. The van der Waals surface area contributed by atoms with Crippen LogP contribution in [0.3, 0.4) is 0 Å². The maximum Gasteiger partial charge on any atom is 0.137 e. The minimum atomic E-state index is 0.0947. The van der Waals surface area contributed by atoms with E-state index in [-0.39, 0.29) is 6.04 Å². The molecular formula is C19H20BrClN4S2. The van der Waals surface area contributed by atoms with Crippen LogP contribution < -0.4 is 10.4 Å². The Morgan fingerprint density at radius 3 is 2.67 bits per heavy atom. The highest BCUT2D eigenvalue weighted by Crippen LogP contribution is 2.41. The van der Waals surface area contributed by atoms with Gasteiger partial charge in [-0.15, -0.1) is 11.3 Å². The first-order chi connectivity index (χ1) is 13.1. The van der Waals surface area contributed by atoms with Gasteiger partial charge in [-0.05, 0) is 53.0 Å². The predicted octanol–water partition coefficient (Wildman–Crippen LogP) is 5.79. The number of anilines is 1. The van der Waals surface area contributed by atoms with Gasteiger partial charge < -0.3 is 5.43 Å². The molecule has 1 saturated heterocycles. The third kappa shape index (κ3) is 4.38. The van der Waals surface area contributed by atoms with E-state index in [1.54, 1.807) is 11.3 Å². The second-order valence-electron chi connectivity index (χ2n) is 6.69. The Bertz CT molecular complexity index is 863. The molecule has 1 aromatic carbocycles. The summed E-state index contributed by atoms with van der Waals surface area (Å²) in [5.41, 5.74) is 5.21. The summed E-state index contributed by atoms with van der Waals surface area (Å²) in [6.07, 6.45) is 4.47. The molecular weight excluding hydrogens is 464 g/mol. The number of hydrazone groups is 1. The maximum absolute atomic E-state index is 6.47. The third-order valence-electron chi connectivity index (χ3n) is 4.81. The number of halogens is 2. The van der Waals surface area contributed by atoms with E-state index < -0.39 is 0 Å². The van der Waals surface area contributed by atoms with Crippen molar-refractivity contribution in [1.29, 1.82) is 0 Å². The van der Waals surface area contributed by atoms with Crippen molar-refractivity contribution >= 4 is 67.5 Å². The molecule has 4 nitrogen and oxygen atoms in total. The van der Waals surface area contributed by atoms with Gasteiger partial charge in [-0.2, -0.15) is 5.10 Å². The Labute approximate surface area is 182 Å². The first-order valence-electron chi connectivity index (χ1n) is 9.04. The minimum absolute atomic E-state index is 0.0947. The number of hydrogen-bond donors (Lipinski definition) is 1. The smallest absolute Gasteiger partial charge is 0.137 e. The van der Waals surface area contributed by atoms with Gasteiger partial charge >= 0.3 is 0 Å². The Morgan fingerprint density at radius 1 is 1.19 bits per heavy atom. The summed E-state index contributed by atoms with van der Waals surface area (Å²) in [5, 5.41) is 9.80. The monoisotopic (exact) mass is 482 g/mol. The highest BCUT2D eigenvalue weighted by Gasteiger charge is 2.33. The van der Waals surface area contributed by atoms with Crippen molar-refractivity contribution in [3.63, 3.8) is 0 Å². The molecule has 27 heavy (non-hydrogen) atoms. The van der Waals surface area contributed by atoms with Crippen LogP contribution in [0.4, 0.5) is 5.69 Å². The molecule has 0 saturated carbocycles. The molecule has 2 aliphatic heterocycles. The summed E-state index contributed by atoms with van der Waals surface area (Å²) < 4.78 is 1.11. The zero-order valence-electron chi connectivity index (χ0n) is 14.7. The topological polar surface area (TPSA) is 30.9 Å². The highest BCUT2D eigenvalue weighted by molar-refractivity contribution is 9.11. The summed E-state index contributed by atoms with van der Waals surface area (Å²) in [7, 11) is 0. The highest BCUT2D eigenvalue weighted by atomic mass is 79.9. The molecule has 1 unspecified atom stereocenters. The molecule has 2 aromatic rings. The second kappa shape index (κ2) is 8.57. The van der Waals surface area contributed by atoms with Gasteiger partial charge in [0.25, 0.3) is 0 Å². The zero-order chi connectivity index (χ0) is 18.8. The predicted molar refractivity (Wildman–Crippen MR) is 122 cm³/mol. The van der Waals surface area contributed by atoms with Crippen LogP contribution in [0.2, 0.25) is 5.02 Å². The van der Waals surface area contributed by atoms with Crippen LogP contribution in [-0.4, -0.2) is 28.8 Å². The SMILES string of the molecule is S=C(NN1CCCCC1)C1=NN(c2ccccc2Cl)C(c2ccc(Br)s2)C1. The van der Waals surface area contributed by atoms with Crippen molar-refractivity contribution in [2.24, 2.45) is 5.10 Å². The van der Waals surface area contributed by atoms with E-state index in [9.17, 15) is 0 Å². The molecule has 0 amide bonds. The van der Waals surface area contributed by atoms with Crippen LogP contribution >= 0.6 is 51.1 Å². The third-order valence-corrected chi connectivity index (χ3v) is 7.18. The largest absolute Gasteiger partial charge is 0.308 e. The first-order valence-corrected chi connectivity index (χ1v) is 11.4. The lowest BCUT2D eigenvalue weighted by Crippen LogP contribution is -2.46. The van der Waals surface area contributed by atoms with E-state index in [1.807, 2.05) is 29.3 Å². The van der Waals surface area contributed by atoms with Gasteiger partial charge in [-0.1, -0.05) is 42.4 Å². The number of hydrogen-bond acceptors (Lipinski definition) is 5. The lowest BCUT2D eigenvalue weighted by molar-refractivity contribution is 0.197. The Morgan fingerprint density at radius 2 is 1.96 bits per heavy atom. The molecule has 0 aliphatic carbocycles. The Hall–Kier alpha value is -0.990. The van der Waals surface area contributed by atoms with Gasteiger partial charge in [-0.3, -0.25) is 5.01 Å². The first kappa shape index (κ1) is 19.3. The number of piperidine rings is 1. The summed E-state index contributed by atoms with van der Waals surface area (Å²) in [5.74, 6) is 0. The lowest BCUT2D eigenvalue weighted by atomic mass is 10.1. The molecule has 4 rings (SSSR count). The van der Waals surface area contributed by atoms with Gasteiger partial charge in [0, 0.05) is 24.4 Å². The fourth-order valence-corrected chi connectivity index (χ4v) is 5.43. The van der Waals surface area contributed by atoms with E-state index in [0.717, 1.165) is 34.7 Å². The van der Waals surface area contributed by atoms with Crippen molar-refractivity contribution in [3.8, 4) is 0 Å². The average molecular weight is 484 g/mol. The minimum Gasteiger partial charge on any atom is -0.308 e. The van der Waals surface area contributed by atoms with E-state index in [0.29, 0.717) is 10.0 Å². The summed E-state index contributed by atoms with van der Waals surface area (Å²) in [6.45, 7) is 2.06. The quantitative estimate of drug-likeness (QED) is 0.558. The van der Waals surface area contributed by atoms with Crippen molar-refractivity contribution in [3.05, 3.63) is 50.1 Å². The standard InChI is InChI=1S/C19H20BrClN4S2/c20-18-9-8-17(27-18)16-12-14(19(26)23-24-10-4-1-5-11-24)22-25(16)15-7-3-2-6-13(15)21/h2-3,6-9,16H,1,4-5,10-12H2,(H,23,26). The Kier molecular flexibility index (Phi) is 6.14. The fraction of sp³-hybridized carbons (Fsp3) is 0.368. The van der Waals surface area contributed by atoms with Crippen LogP contribution in [0, 0.1) is 0 Å². The number of nitrogens with one attached hydrogen (secondary N) is 1. The van der Waals surface area contributed by atoms with Gasteiger partial charge in [0.2, 0.25) is 0 Å². The molecule has 8 heteroatoms. The van der Waals surface area contributed by atoms with Crippen molar-refractivity contribution < 1.29 is 0 Å². The van der Waals surface area contributed by atoms with Gasteiger partial charge in [0.15, 0.2) is 0 Å². The van der Waals surface area contributed by atoms with Crippen LogP contribution in [0.5, 0.6) is 0 Å². The number of thiophene rings is 1. The maximum atomic E-state index is 6.47. The molecule has 2 aliphatic rings.